The van der Waals surface area contributed by atoms with E-state index in [9.17, 15) is 14.4 Å². The maximum atomic E-state index is 13.4. The number of amides is 3. The molecule has 3 aromatic rings. The van der Waals surface area contributed by atoms with Gasteiger partial charge in [-0.05, 0) is 79.3 Å². The lowest BCUT2D eigenvalue weighted by Gasteiger charge is -2.24. The maximum Gasteiger partial charge on any atom is 0.262 e. The number of nitrogens with two attached hydrogens (primary N) is 1. The van der Waals surface area contributed by atoms with E-state index in [1.807, 2.05) is 53.4 Å². The SMILES string of the molecule is NCCCCNC(=O)c1cccc(-c2ccc(CN(C(=O)c3ccc4c(c3)OCC(=O)N4)C3CC3)cc2)c1. The molecule has 0 atom stereocenters. The third-order valence-corrected chi connectivity index (χ3v) is 6.79. The molecule has 0 saturated heterocycles. The van der Waals surface area contributed by atoms with Gasteiger partial charge in [-0.25, -0.2) is 0 Å². The smallest absolute Gasteiger partial charge is 0.262 e. The van der Waals surface area contributed by atoms with Crippen LogP contribution in [0.1, 0.15) is 52.0 Å². The topological polar surface area (TPSA) is 114 Å². The first-order valence-electron chi connectivity index (χ1n) is 13.1. The summed E-state index contributed by atoms with van der Waals surface area (Å²) >= 11 is 0. The second kappa shape index (κ2) is 11.5. The van der Waals surface area contributed by atoms with Gasteiger partial charge in [0, 0.05) is 30.3 Å². The molecular weight excluding hydrogens is 480 g/mol. The zero-order chi connectivity index (χ0) is 26.5. The summed E-state index contributed by atoms with van der Waals surface area (Å²) in [7, 11) is 0. The van der Waals surface area contributed by atoms with E-state index in [1.54, 1.807) is 18.2 Å². The minimum absolute atomic E-state index is 0.0499. The number of fused-ring (bicyclic) bond motifs is 1. The molecular formula is C30H32N4O4. The van der Waals surface area contributed by atoms with Crippen molar-refractivity contribution in [3.8, 4) is 16.9 Å². The van der Waals surface area contributed by atoms with Crippen LogP contribution < -0.4 is 21.1 Å². The van der Waals surface area contributed by atoms with Gasteiger partial charge >= 0.3 is 0 Å². The van der Waals surface area contributed by atoms with Crippen LogP contribution in [0.3, 0.4) is 0 Å². The predicted molar refractivity (Wildman–Crippen MR) is 146 cm³/mol. The first-order chi connectivity index (χ1) is 18.5. The largest absolute Gasteiger partial charge is 0.482 e. The summed E-state index contributed by atoms with van der Waals surface area (Å²) in [4.78, 5) is 39.4. The number of hydrogen-bond acceptors (Lipinski definition) is 5. The number of unbranched alkanes of at least 4 members (excludes halogenated alkanes) is 1. The van der Waals surface area contributed by atoms with E-state index in [2.05, 4.69) is 10.6 Å². The van der Waals surface area contributed by atoms with Crippen molar-refractivity contribution in [2.24, 2.45) is 5.73 Å². The van der Waals surface area contributed by atoms with Crippen molar-refractivity contribution in [3.05, 3.63) is 83.4 Å². The summed E-state index contributed by atoms with van der Waals surface area (Å²) in [6.45, 7) is 1.69. The number of nitrogens with one attached hydrogen (secondary N) is 2. The number of rotatable bonds is 10. The first-order valence-corrected chi connectivity index (χ1v) is 13.1. The lowest BCUT2D eigenvalue weighted by molar-refractivity contribution is -0.118. The number of ether oxygens (including phenoxy) is 1. The van der Waals surface area contributed by atoms with Gasteiger partial charge < -0.3 is 26.0 Å². The van der Waals surface area contributed by atoms with Crippen LogP contribution in [0.2, 0.25) is 0 Å². The van der Waals surface area contributed by atoms with Crippen LogP contribution >= 0.6 is 0 Å². The highest BCUT2D eigenvalue weighted by Gasteiger charge is 2.33. The van der Waals surface area contributed by atoms with E-state index in [-0.39, 0.29) is 30.4 Å². The minimum Gasteiger partial charge on any atom is -0.482 e. The summed E-state index contributed by atoms with van der Waals surface area (Å²) in [6.07, 6.45) is 3.73. The fraction of sp³-hybridized carbons (Fsp3) is 0.300. The van der Waals surface area contributed by atoms with Gasteiger partial charge in [0.1, 0.15) is 5.75 Å². The van der Waals surface area contributed by atoms with Gasteiger partial charge in [-0.3, -0.25) is 14.4 Å². The minimum atomic E-state index is -0.201. The molecule has 8 nitrogen and oxygen atoms in total. The fourth-order valence-corrected chi connectivity index (χ4v) is 4.54. The Labute approximate surface area is 222 Å². The van der Waals surface area contributed by atoms with Gasteiger partial charge in [-0.15, -0.1) is 0 Å². The highest BCUT2D eigenvalue weighted by atomic mass is 16.5. The van der Waals surface area contributed by atoms with Crippen molar-refractivity contribution >= 4 is 23.4 Å². The van der Waals surface area contributed by atoms with Crippen molar-refractivity contribution in [2.45, 2.75) is 38.3 Å². The average molecular weight is 513 g/mol. The van der Waals surface area contributed by atoms with Crippen LogP contribution in [0.25, 0.3) is 11.1 Å². The number of carbonyl (C=O) groups is 3. The Morgan fingerprint density at radius 1 is 0.974 bits per heavy atom. The number of hydrogen-bond donors (Lipinski definition) is 3. The molecule has 1 aliphatic heterocycles. The molecule has 8 heteroatoms. The third kappa shape index (κ3) is 6.03. The number of nitrogens with zero attached hydrogens (tertiary/aromatic N) is 1. The van der Waals surface area contributed by atoms with Crippen LogP contribution in [0.15, 0.2) is 66.7 Å². The molecule has 0 radical (unpaired) electrons. The van der Waals surface area contributed by atoms with Crippen LogP contribution in [0.4, 0.5) is 5.69 Å². The quantitative estimate of drug-likeness (QED) is 0.356. The molecule has 0 bridgehead atoms. The van der Waals surface area contributed by atoms with E-state index in [0.717, 1.165) is 42.4 Å². The second-order valence-electron chi connectivity index (χ2n) is 9.74. The third-order valence-electron chi connectivity index (χ3n) is 6.79. The summed E-state index contributed by atoms with van der Waals surface area (Å²) in [5, 5.41) is 5.70. The summed E-state index contributed by atoms with van der Waals surface area (Å²) in [6, 6.07) is 21.1. The molecule has 196 valence electrons. The van der Waals surface area contributed by atoms with Crippen LogP contribution in [0, 0.1) is 0 Å². The van der Waals surface area contributed by atoms with Gasteiger partial charge in [0.2, 0.25) is 0 Å². The molecule has 3 aromatic carbocycles. The molecule has 1 aliphatic carbocycles. The molecule has 4 N–H and O–H groups in total. The van der Waals surface area contributed by atoms with E-state index in [4.69, 9.17) is 10.5 Å². The van der Waals surface area contributed by atoms with Crippen molar-refractivity contribution in [3.63, 3.8) is 0 Å². The molecule has 0 unspecified atom stereocenters. The molecule has 2 aliphatic rings. The average Bonchev–Trinajstić information content (AvgIpc) is 3.79. The highest BCUT2D eigenvalue weighted by Crippen LogP contribution is 2.33. The lowest BCUT2D eigenvalue weighted by Crippen LogP contribution is -2.33. The number of benzene rings is 3. The van der Waals surface area contributed by atoms with Crippen LogP contribution in [-0.2, 0) is 11.3 Å². The summed E-state index contributed by atoms with van der Waals surface area (Å²) < 4.78 is 5.50. The first kappa shape index (κ1) is 25.5. The standard InChI is InChI=1S/C30H32N4O4/c31-14-1-2-15-32-29(36)23-5-3-4-22(16-23)21-8-6-20(7-9-21)18-34(25-11-12-25)30(37)24-10-13-26-27(17-24)38-19-28(35)33-26/h3-10,13,16-17,25H,1-2,11-12,14-15,18-19,31H2,(H,32,36)(H,33,35). The summed E-state index contributed by atoms with van der Waals surface area (Å²) in [5.41, 5.74) is 10.3. The Kier molecular flexibility index (Phi) is 7.70. The highest BCUT2D eigenvalue weighted by molar-refractivity contribution is 5.99. The maximum absolute atomic E-state index is 13.4. The van der Waals surface area contributed by atoms with Crippen LogP contribution in [-0.4, -0.2) is 48.4 Å². The zero-order valence-corrected chi connectivity index (χ0v) is 21.2. The van der Waals surface area contributed by atoms with E-state index in [1.165, 1.54) is 0 Å². The molecule has 1 heterocycles. The normalized spacial score (nSPS) is 14.2. The second-order valence-corrected chi connectivity index (χ2v) is 9.74. The number of carbonyl (C=O) groups excluding carboxylic acids is 3. The van der Waals surface area contributed by atoms with Gasteiger partial charge in [0.15, 0.2) is 6.61 Å². The van der Waals surface area contributed by atoms with Gasteiger partial charge in [-0.1, -0.05) is 36.4 Å². The molecule has 0 aromatic heterocycles. The van der Waals surface area contributed by atoms with E-state index in [0.29, 0.717) is 42.2 Å². The Bertz CT molecular complexity index is 1330. The van der Waals surface area contributed by atoms with Crippen molar-refractivity contribution in [2.75, 3.05) is 25.0 Å². The molecule has 3 amide bonds. The fourth-order valence-electron chi connectivity index (χ4n) is 4.54. The van der Waals surface area contributed by atoms with E-state index < -0.39 is 0 Å². The Morgan fingerprint density at radius 2 is 1.79 bits per heavy atom. The Hall–Kier alpha value is -4.17. The van der Waals surface area contributed by atoms with Gasteiger partial charge in [0.05, 0.1) is 5.69 Å². The van der Waals surface area contributed by atoms with Crippen LogP contribution in [0.5, 0.6) is 5.75 Å². The monoisotopic (exact) mass is 512 g/mol. The molecule has 1 fully saturated rings. The lowest BCUT2D eigenvalue weighted by atomic mass is 10.0. The molecule has 1 saturated carbocycles. The predicted octanol–water partition coefficient (Wildman–Crippen LogP) is 3.96. The van der Waals surface area contributed by atoms with Gasteiger partial charge in [-0.2, -0.15) is 0 Å². The van der Waals surface area contributed by atoms with Crippen molar-refractivity contribution in [1.82, 2.24) is 10.2 Å². The Balaban J connectivity index is 1.26. The van der Waals surface area contributed by atoms with Crippen molar-refractivity contribution < 1.29 is 19.1 Å². The van der Waals surface area contributed by atoms with Crippen molar-refractivity contribution in [1.29, 1.82) is 0 Å². The molecule has 38 heavy (non-hydrogen) atoms. The molecule has 5 rings (SSSR count). The van der Waals surface area contributed by atoms with E-state index >= 15 is 0 Å². The molecule has 0 spiro atoms. The zero-order valence-electron chi connectivity index (χ0n) is 21.2. The Morgan fingerprint density at radius 3 is 2.55 bits per heavy atom. The van der Waals surface area contributed by atoms with Gasteiger partial charge in [0.25, 0.3) is 17.7 Å². The summed E-state index contributed by atoms with van der Waals surface area (Å²) in [5.74, 6) is 0.175. The number of anilines is 1.